The number of benzene rings is 2. The van der Waals surface area contributed by atoms with Crippen LogP contribution in [0.3, 0.4) is 0 Å². The highest BCUT2D eigenvalue weighted by Gasteiger charge is 2.34. The van der Waals surface area contributed by atoms with E-state index in [1.807, 2.05) is 85.3 Å². The number of piperidine rings is 1. The molecule has 2 aromatic carbocycles. The Labute approximate surface area is 205 Å². The number of anilines is 1. The second-order valence-corrected chi connectivity index (χ2v) is 9.35. The number of para-hydroxylation sites is 1. The van der Waals surface area contributed by atoms with E-state index in [1.54, 1.807) is 12.4 Å². The van der Waals surface area contributed by atoms with Gasteiger partial charge in [0.15, 0.2) is 5.78 Å². The summed E-state index contributed by atoms with van der Waals surface area (Å²) in [5.74, 6) is 0.905. The molecule has 1 aliphatic heterocycles. The third-order valence-corrected chi connectivity index (χ3v) is 7.05. The minimum absolute atomic E-state index is 0.0304. The van der Waals surface area contributed by atoms with Gasteiger partial charge in [-0.2, -0.15) is 5.10 Å². The molecule has 1 N–H and O–H groups in total. The van der Waals surface area contributed by atoms with Crippen molar-refractivity contribution < 1.29 is 9.90 Å². The van der Waals surface area contributed by atoms with Crippen LogP contribution in [0.5, 0.6) is 0 Å². The number of aryl methyl sites for hydroxylation is 1. The lowest BCUT2D eigenvalue weighted by Crippen LogP contribution is -2.42. The Morgan fingerprint density at radius 3 is 2.34 bits per heavy atom. The van der Waals surface area contributed by atoms with E-state index in [-0.39, 0.29) is 12.2 Å². The van der Waals surface area contributed by atoms with Crippen molar-refractivity contribution in [2.24, 2.45) is 0 Å². The molecule has 5 rings (SSSR count). The third kappa shape index (κ3) is 4.62. The number of pyridine rings is 1. The van der Waals surface area contributed by atoms with Crippen LogP contribution >= 0.6 is 0 Å². The molecule has 0 bridgehead atoms. The largest absolute Gasteiger partial charge is 0.385 e. The van der Waals surface area contributed by atoms with E-state index < -0.39 is 5.60 Å². The van der Waals surface area contributed by atoms with Crippen molar-refractivity contribution in [3.8, 4) is 5.69 Å². The van der Waals surface area contributed by atoms with Crippen molar-refractivity contribution in [3.05, 3.63) is 107 Å². The number of rotatable bonds is 6. The van der Waals surface area contributed by atoms with Crippen LogP contribution in [-0.2, 0) is 12.0 Å². The van der Waals surface area contributed by atoms with Crippen molar-refractivity contribution >= 4 is 11.6 Å². The predicted octanol–water partition coefficient (Wildman–Crippen LogP) is 4.80. The summed E-state index contributed by atoms with van der Waals surface area (Å²) in [4.78, 5) is 19.9. The van der Waals surface area contributed by atoms with Gasteiger partial charge in [0.2, 0.25) is 0 Å². The number of hydrogen-bond donors (Lipinski definition) is 1. The predicted molar refractivity (Wildman–Crippen MR) is 137 cm³/mol. The van der Waals surface area contributed by atoms with E-state index in [1.165, 1.54) is 0 Å². The molecule has 0 unspecified atom stereocenters. The lowest BCUT2D eigenvalue weighted by Gasteiger charge is -2.39. The Morgan fingerprint density at radius 2 is 1.66 bits per heavy atom. The van der Waals surface area contributed by atoms with Gasteiger partial charge >= 0.3 is 0 Å². The minimum Gasteiger partial charge on any atom is -0.385 e. The van der Waals surface area contributed by atoms with E-state index >= 15 is 0 Å². The van der Waals surface area contributed by atoms with E-state index in [9.17, 15) is 9.90 Å². The van der Waals surface area contributed by atoms with Gasteiger partial charge in [-0.05, 0) is 55.5 Å². The van der Waals surface area contributed by atoms with Gasteiger partial charge in [0.25, 0.3) is 0 Å². The van der Waals surface area contributed by atoms with Gasteiger partial charge in [-0.3, -0.25) is 4.79 Å². The fraction of sp³-hybridized carbons (Fsp3) is 0.276. The van der Waals surface area contributed by atoms with Crippen LogP contribution in [-0.4, -0.2) is 38.7 Å². The first kappa shape index (κ1) is 23.0. The first-order chi connectivity index (χ1) is 16.9. The summed E-state index contributed by atoms with van der Waals surface area (Å²) in [5, 5.41) is 15.6. The number of aliphatic hydroxyl groups is 1. The van der Waals surface area contributed by atoms with Crippen LogP contribution in [0.15, 0.2) is 79.1 Å². The minimum atomic E-state index is -0.787. The molecule has 0 spiro atoms. The highest BCUT2D eigenvalue weighted by Crippen LogP contribution is 2.34. The molecule has 0 saturated carbocycles. The lowest BCUT2D eigenvalue weighted by molar-refractivity contribution is 0.0116. The SMILES string of the molecule is Cc1ccccc1-n1ncc(C(=O)Cc2ccc(N3CCC(O)(c4ccccc4)CC3)nc2)c1C. The maximum atomic E-state index is 13.0. The summed E-state index contributed by atoms with van der Waals surface area (Å²) < 4.78 is 1.83. The van der Waals surface area contributed by atoms with Crippen LogP contribution in [0.4, 0.5) is 5.82 Å². The molecule has 1 fully saturated rings. The quantitative estimate of drug-likeness (QED) is 0.414. The van der Waals surface area contributed by atoms with Crippen LogP contribution in [0.25, 0.3) is 5.69 Å². The number of ketones is 1. The third-order valence-electron chi connectivity index (χ3n) is 7.05. The zero-order valence-electron chi connectivity index (χ0n) is 20.2. The first-order valence-corrected chi connectivity index (χ1v) is 12.1. The molecule has 0 radical (unpaired) electrons. The Hall–Kier alpha value is -3.77. The lowest BCUT2D eigenvalue weighted by atomic mass is 9.84. The average Bonchev–Trinajstić information content (AvgIpc) is 3.27. The molecule has 6 nitrogen and oxygen atoms in total. The van der Waals surface area contributed by atoms with Crippen LogP contribution < -0.4 is 4.90 Å². The van der Waals surface area contributed by atoms with Gasteiger partial charge in [0.05, 0.1) is 28.7 Å². The van der Waals surface area contributed by atoms with Crippen LogP contribution in [0.1, 0.15) is 45.6 Å². The number of hydrogen-bond acceptors (Lipinski definition) is 5. The molecular formula is C29H30N4O2. The molecule has 178 valence electrons. The van der Waals surface area contributed by atoms with Crippen molar-refractivity contribution in [2.45, 2.75) is 38.7 Å². The second-order valence-electron chi connectivity index (χ2n) is 9.35. The molecule has 0 aliphatic carbocycles. The molecule has 1 aliphatic rings. The monoisotopic (exact) mass is 466 g/mol. The van der Waals surface area contributed by atoms with Gasteiger partial charge < -0.3 is 10.0 Å². The summed E-state index contributed by atoms with van der Waals surface area (Å²) in [7, 11) is 0. The van der Waals surface area contributed by atoms with Gasteiger partial charge in [-0.25, -0.2) is 9.67 Å². The van der Waals surface area contributed by atoms with E-state index in [2.05, 4.69) is 15.0 Å². The van der Waals surface area contributed by atoms with Crippen molar-refractivity contribution in [1.29, 1.82) is 0 Å². The zero-order chi connectivity index (χ0) is 24.4. The summed E-state index contributed by atoms with van der Waals surface area (Å²) in [6.45, 7) is 5.43. The Balaban J connectivity index is 1.23. The molecular weight excluding hydrogens is 436 g/mol. The molecule has 1 saturated heterocycles. The van der Waals surface area contributed by atoms with Gasteiger partial charge in [0.1, 0.15) is 5.82 Å². The molecule has 6 heteroatoms. The molecule has 3 heterocycles. The van der Waals surface area contributed by atoms with E-state index in [4.69, 9.17) is 0 Å². The zero-order valence-corrected chi connectivity index (χ0v) is 20.2. The fourth-order valence-electron chi connectivity index (χ4n) is 4.86. The number of aromatic nitrogens is 3. The van der Waals surface area contributed by atoms with Crippen molar-refractivity contribution in [2.75, 3.05) is 18.0 Å². The fourth-order valence-corrected chi connectivity index (χ4v) is 4.86. The topological polar surface area (TPSA) is 71.2 Å². The van der Waals surface area contributed by atoms with Crippen molar-refractivity contribution in [3.63, 3.8) is 0 Å². The summed E-state index contributed by atoms with van der Waals surface area (Å²) in [6, 6.07) is 21.8. The number of carbonyl (C=O) groups excluding carboxylic acids is 1. The van der Waals surface area contributed by atoms with Crippen LogP contribution in [0, 0.1) is 13.8 Å². The van der Waals surface area contributed by atoms with Crippen molar-refractivity contribution in [1.82, 2.24) is 14.8 Å². The second kappa shape index (κ2) is 9.47. The van der Waals surface area contributed by atoms with Gasteiger partial charge in [0, 0.05) is 25.7 Å². The first-order valence-electron chi connectivity index (χ1n) is 12.1. The van der Waals surface area contributed by atoms with Gasteiger partial charge in [-0.15, -0.1) is 0 Å². The Bertz CT molecular complexity index is 1320. The summed E-state index contributed by atoms with van der Waals surface area (Å²) in [6.07, 6.45) is 5.04. The number of carbonyl (C=O) groups is 1. The van der Waals surface area contributed by atoms with Gasteiger partial charge in [-0.1, -0.05) is 54.6 Å². The Morgan fingerprint density at radius 1 is 0.943 bits per heavy atom. The highest BCUT2D eigenvalue weighted by molar-refractivity contribution is 5.98. The molecule has 35 heavy (non-hydrogen) atoms. The highest BCUT2D eigenvalue weighted by atomic mass is 16.3. The Kier molecular flexibility index (Phi) is 6.22. The number of nitrogens with zero attached hydrogens (tertiary/aromatic N) is 4. The van der Waals surface area contributed by atoms with E-state index in [0.717, 1.165) is 47.0 Å². The smallest absolute Gasteiger partial charge is 0.170 e. The molecule has 2 aromatic heterocycles. The molecule has 0 atom stereocenters. The molecule has 4 aromatic rings. The summed E-state index contributed by atoms with van der Waals surface area (Å²) >= 11 is 0. The van der Waals surface area contributed by atoms with E-state index in [0.29, 0.717) is 18.4 Å². The molecule has 0 amide bonds. The maximum absolute atomic E-state index is 13.0. The average molecular weight is 467 g/mol. The standard InChI is InChI=1S/C29H30N4O2/c1-21-8-6-7-11-26(21)33-22(2)25(20-31-33)27(34)18-23-12-13-28(30-19-23)32-16-14-29(35,15-17-32)24-9-4-3-5-10-24/h3-13,19-20,35H,14-18H2,1-2H3. The summed E-state index contributed by atoms with van der Waals surface area (Å²) in [5.41, 5.74) is 4.63. The van der Waals surface area contributed by atoms with Crippen LogP contribution in [0.2, 0.25) is 0 Å². The number of Topliss-reactive ketones (excluding diaryl/α,β-unsaturated/α-hetero) is 1. The normalized spacial score (nSPS) is 15.2. The maximum Gasteiger partial charge on any atom is 0.170 e.